The second-order valence-electron chi connectivity index (χ2n) is 8.71. The van der Waals surface area contributed by atoms with Crippen molar-refractivity contribution >= 4 is 18.2 Å². The first kappa shape index (κ1) is 24.9. The molecular formula is C24H38N4O3. The first-order chi connectivity index (χ1) is 14.8. The van der Waals surface area contributed by atoms with Gasteiger partial charge in [-0.15, -0.1) is 0 Å². The van der Waals surface area contributed by atoms with Crippen molar-refractivity contribution in [3.05, 3.63) is 35.4 Å². The van der Waals surface area contributed by atoms with E-state index in [1.54, 1.807) is 11.9 Å². The molecule has 0 aliphatic carbocycles. The Kier molecular flexibility index (Phi) is 9.98. The monoisotopic (exact) mass is 430 g/mol. The molecule has 0 aromatic heterocycles. The maximum Gasteiger partial charge on any atom is 0.243 e. The number of hydrogen-bond donors (Lipinski definition) is 3. The van der Waals surface area contributed by atoms with E-state index in [1.807, 2.05) is 39.0 Å². The van der Waals surface area contributed by atoms with Crippen LogP contribution in [0.25, 0.3) is 0 Å². The molecule has 1 aromatic carbocycles. The number of likely N-dealkylation sites (tertiary alicyclic amines) is 1. The fourth-order valence-corrected chi connectivity index (χ4v) is 4.15. The van der Waals surface area contributed by atoms with Crippen molar-refractivity contribution in [1.29, 1.82) is 0 Å². The minimum atomic E-state index is -0.381. The molecular weight excluding hydrogens is 392 g/mol. The second-order valence-corrected chi connectivity index (χ2v) is 8.71. The van der Waals surface area contributed by atoms with Crippen LogP contribution in [0.5, 0.6) is 0 Å². The largest absolute Gasteiger partial charge is 0.352 e. The molecule has 4 atom stereocenters. The summed E-state index contributed by atoms with van der Waals surface area (Å²) in [5, 5.41) is 8.93. The lowest BCUT2D eigenvalue weighted by molar-refractivity contribution is -0.132. The predicted molar refractivity (Wildman–Crippen MR) is 122 cm³/mol. The first-order valence-corrected chi connectivity index (χ1v) is 11.4. The Morgan fingerprint density at radius 1 is 1.23 bits per heavy atom. The van der Waals surface area contributed by atoms with Gasteiger partial charge in [0.15, 0.2) is 0 Å². The Hall–Kier alpha value is -2.41. The number of amides is 3. The minimum absolute atomic E-state index is 0.0115. The van der Waals surface area contributed by atoms with Gasteiger partial charge in [0.1, 0.15) is 6.04 Å². The lowest BCUT2D eigenvalue weighted by Gasteiger charge is -2.26. The van der Waals surface area contributed by atoms with Crippen molar-refractivity contribution in [2.75, 3.05) is 7.05 Å². The average Bonchev–Trinajstić information content (AvgIpc) is 3.17. The number of carbonyl (C=O) groups is 3. The van der Waals surface area contributed by atoms with Crippen LogP contribution in [-0.2, 0) is 20.9 Å². The lowest BCUT2D eigenvalue weighted by Crippen LogP contribution is -2.45. The molecule has 1 aromatic rings. The van der Waals surface area contributed by atoms with Gasteiger partial charge < -0.3 is 20.9 Å². The van der Waals surface area contributed by atoms with Gasteiger partial charge in [-0.3, -0.25) is 14.4 Å². The van der Waals surface area contributed by atoms with Gasteiger partial charge >= 0.3 is 0 Å². The number of carbonyl (C=O) groups excluding carboxylic acids is 3. The van der Waals surface area contributed by atoms with E-state index >= 15 is 0 Å². The van der Waals surface area contributed by atoms with Gasteiger partial charge in [-0.25, -0.2) is 0 Å². The van der Waals surface area contributed by atoms with E-state index in [0.717, 1.165) is 49.6 Å². The zero-order chi connectivity index (χ0) is 22.8. The molecule has 7 nitrogen and oxygen atoms in total. The summed E-state index contributed by atoms with van der Waals surface area (Å²) in [6.45, 7) is 6.36. The SMILES string of the molecule is CNC(C)C(=O)NC(C)CCCCC1CCC(C(=O)NCc2cccc(C)c2)N1C=O. The number of nitrogens with zero attached hydrogens (tertiary/aromatic N) is 1. The van der Waals surface area contributed by atoms with Gasteiger partial charge in [-0.05, 0) is 59.1 Å². The smallest absolute Gasteiger partial charge is 0.243 e. The van der Waals surface area contributed by atoms with Crippen molar-refractivity contribution < 1.29 is 14.4 Å². The highest BCUT2D eigenvalue weighted by molar-refractivity contribution is 5.84. The minimum Gasteiger partial charge on any atom is -0.352 e. The number of rotatable bonds is 12. The van der Waals surface area contributed by atoms with E-state index in [1.165, 1.54) is 0 Å². The normalized spacial score (nSPS) is 20.2. The summed E-state index contributed by atoms with van der Waals surface area (Å²) in [6, 6.07) is 7.70. The van der Waals surface area contributed by atoms with Crippen molar-refractivity contribution in [3.63, 3.8) is 0 Å². The summed E-state index contributed by atoms with van der Waals surface area (Å²) in [6.07, 6.45) is 6.11. The Bertz CT molecular complexity index is 739. The summed E-state index contributed by atoms with van der Waals surface area (Å²) in [5.41, 5.74) is 2.22. The number of nitrogens with one attached hydrogen (secondary N) is 3. The van der Waals surface area contributed by atoms with E-state index in [-0.39, 0.29) is 36.0 Å². The van der Waals surface area contributed by atoms with Crippen molar-refractivity contribution in [2.45, 2.75) is 90.0 Å². The van der Waals surface area contributed by atoms with Gasteiger partial charge in [0.2, 0.25) is 18.2 Å². The van der Waals surface area contributed by atoms with Crippen LogP contribution in [0.1, 0.15) is 63.5 Å². The van der Waals surface area contributed by atoms with E-state index < -0.39 is 0 Å². The Morgan fingerprint density at radius 3 is 2.68 bits per heavy atom. The predicted octanol–water partition coefficient (Wildman–Crippen LogP) is 2.27. The molecule has 4 unspecified atom stereocenters. The van der Waals surface area contributed by atoms with E-state index in [2.05, 4.69) is 22.0 Å². The molecule has 3 amide bonds. The van der Waals surface area contributed by atoms with Crippen molar-refractivity contribution in [3.8, 4) is 0 Å². The number of benzene rings is 1. The molecule has 1 aliphatic rings. The van der Waals surface area contributed by atoms with Gasteiger partial charge in [-0.2, -0.15) is 0 Å². The van der Waals surface area contributed by atoms with Crippen LogP contribution < -0.4 is 16.0 Å². The topological polar surface area (TPSA) is 90.5 Å². The molecule has 0 spiro atoms. The Morgan fingerprint density at radius 2 is 2.00 bits per heavy atom. The number of hydrogen-bond acceptors (Lipinski definition) is 4. The summed E-state index contributed by atoms with van der Waals surface area (Å²) in [4.78, 5) is 38.0. The highest BCUT2D eigenvalue weighted by Crippen LogP contribution is 2.27. The molecule has 2 rings (SSSR count). The van der Waals surface area contributed by atoms with Crippen molar-refractivity contribution in [1.82, 2.24) is 20.9 Å². The van der Waals surface area contributed by atoms with Crippen LogP contribution in [0, 0.1) is 6.92 Å². The molecule has 172 valence electrons. The zero-order valence-corrected chi connectivity index (χ0v) is 19.3. The molecule has 7 heteroatoms. The molecule has 1 heterocycles. The third-order valence-electron chi connectivity index (χ3n) is 6.17. The Labute approximate surface area is 186 Å². The summed E-state index contributed by atoms with van der Waals surface area (Å²) in [7, 11) is 1.77. The van der Waals surface area contributed by atoms with Crippen LogP contribution in [-0.4, -0.2) is 54.3 Å². The standard InChI is InChI=1S/C24H38N4O3/c1-17-8-7-10-20(14-17)15-26-24(31)22-13-12-21(28(22)16-29)11-6-5-9-18(2)27-23(30)19(3)25-4/h7-8,10,14,16,18-19,21-22,25H,5-6,9,11-13,15H2,1-4H3,(H,26,31)(H,27,30). The molecule has 1 fully saturated rings. The molecule has 3 N–H and O–H groups in total. The fraction of sp³-hybridized carbons (Fsp3) is 0.625. The third-order valence-corrected chi connectivity index (χ3v) is 6.17. The second kappa shape index (κ2) is 12.4. The maximum atomic E-state index is 12.7. The lowest BCUT2D eigenvalue weighted by atomic mass is 10.0. The average molecular weight is 431 g/mol. The number of likely N-dealkylation sites (N-methyl/N-ethyl adjacent to an activating group) is 1. The fourth-order valence-electron chi connectivity index (χ4n) is 4.15. The summed E-state index contributed by atoms with van der Waals surface area (Å²) >= 11 is 0. The Balaban J connectivity index is 1.73. The quantitative estimate of drug-likeness (QED) is 0.350. The van der Waals surface area contributed by atoms with E-state index in [9.17, 15) is 14.4 Å². The van der Waals surface area contributed by atoms with Crippen LogP contribution >= 0.6 is 0 Å². The third kappa shape index (κ3) is 7.65. The van der Waals surface area contributed by atoms with Gasteiger partial charge in [0, 0.05) is 18.6 Å². The van der Waals surface area contributed by atoms with Crippen LogP contribution in [0.4, 0.5) is 0 Å². The summed E-state index contributed by atoms with van der Waals surface area (Å²) in [5.74, 6) is -0.0662. The van der Waals surface area contributed by atoms with Crippen LogP contribution in [0.15, 0.2) is 24.3 Å². The van der Waals surface area contributed by atoms with Gasteiger partial charge in [-0.1, -0.05) is 42.7 Å². The van der Waals surface area contributed by atoms with E-state index in [4.69, 9.17) is 0 Å². The maximum absolute atomic E-state index is 12.7. The highest BCUT2D eigenvalue weighted by Gasteiger charge is 2.36. The van der Waals surface area contributed by atoms with E-state index in [0.29, 0.717) is 13.0 Å². The molecule has 0 saturated carbocycles. The molecule has 0 radical (unpaired) electrons. The molecule has 31 heavy (non-hydrogen) atoms. The van der Waals surface area contributed by atoms with Gasteiger partial charge in [0.05, 0.1) is 6.04 Å². The zero-order valence-electron chi connectivity index (χ0n) is 19.3. The van der Waals surface area contributed by atoms with Crippen molar-refractivity contribution in [2.24, 2.45) is 0 Å². The molecule has 1 aliphatic heterocycles. The van der Waals surface area contributed by atoms with Crippen LogP contribution in [0.3, 0.4) is 0 Å². The molecule has 1 saturated heterocycles. The summed E-state index contributed by atoms with van der Waals surface area (Å²) < 4.78 is 0. The number of aryl methyl sites for hydroxylation is 1. The van der Waals surface area contributed by atoms with Gasteiger partial charge in [0.25, 0.3) is 0 Å². The highest BCUT2D eigenvalue weighted by atomic mass is 16.2. The number of unbranched alkanes of at least 4 members (excludes halogenated alkanes) is 1. The first-order valence-electron chi connectivity index (χ1n) is 11.4. The van der Waals surface area contributed by atoms with Crippen LogP contribution in [0.2, 0.25) is 0 Å². The molecule has 0 bridgehead atoms.